The number of aromatic nitrogens is 1. The first kappa shape index (κ1) is 18.5. The predicted molar refractivity (Wildman–Crippen MR) is 107 cm³/mol. The van der Waals surface area contributed by atoms with E-state index in [1.807, 2.05) is 24.3 Å². The predicted octanol–water partition coefficient (Wildman–Crippen LogP) is 2.93. The number of nitrogens with zero attached hydrogens (tertiary/aromatic N) is 2. The summed E-state index contributed by atoms with van der Waals surface area (Å²) in [4.78, 5) is 26.5. The largest absolute Gasteiger partial charge is 0.454 e. The summed E-state index contributed by atoms with van der Waals surface area (Å²) in [6, 6.07) is 16.0. The van der Waals surface area contributed by atoms with E-state index in [-0.39, 0.29) is 29.8 Å². The quantitative estimate of drug-likeness (QED) is 0.735. The lowest BCUT2D eigenvalue weighted by Gasteiger charge is -2.33. The molecule has 1 atom stereocenters. The number of hydrogen-bond acceptors (Lipinski definition) is 4. The topological polar surface area (TPSA) is 67.5 Å². The molecular formula is C21H20ClN3O3. The number of carbonyl (C=O) groups excluding carboxylic acids is 1. The van der Waals surface area contributed by atoms with Crippen LogP contribution >= 0.6 is 11.6 Å². The van der Waals surface area contributed by atoms with Crippen LogP contribution in [0.1, 0.15) is 27.9 Å². The van der Waals surface area contributed by atoms with Gasteiger partial charge in [-0.05, 0) is 29.8 Å². The summed E-state index contributed by atoms with van der Waals surface area (Å²) < 4.78 is 7.26. The molecule has 6 nitrogen and oxygen atoms in total. The number of halogens is 1. The Balaban J connectivity index is 1.47. The zero-order valence-corrected chi connectivity index (χ0v) is 15.9. The van der Waals surface area contributed by atoms with E-state index >= 15 is 0 Å². The van der Waals surface area contributed by atoms with Crippen LogP contribution in [0.2, 0.25) is 5.02 Å². The number of hydrogen-bond donors (Lipinski definition) is 1. The summed E-state index contributed by atoms with van der Waals surface area (Å²) >= 11 is 6.31. The maximum Gasteiger partial charge on any atom is 0.289 e. The Morgan fingerprint density at radius 2 is 1.96 bits per heavy atom. The highest BCUT2D eigenvalue weighted by molar-refractivity contribution is 6.31. The van der Waals surface area contributed by atoms with Crippen LogP contribution in [0.25, 0.3) is 0 Å². The van der Waals surface area contributed by atoms with Crippen LogP contribution in [0.15, 0.2) is 70.0 Å². The SMILES string of the molecule is O=C(c1ccc(Cn2ccccc2=O)o1)N1CCNC(c2ccccc2Cl)C1. The van der Waals surface area contributed by atoms with Crippen LogP contribution < -0.4 is 10.9 Å². The number of carbonyl (C=O) groups is 1. The molecule has 3 heterocycles. The molecular weight excluding hydrogens is 378 g/mol. The molecule has 4 rings (SSSR count). The number of nitrogens with one attached hydrogen (secondary N) is 1. The minimum Gasteiger partial charge on any atom is -0.454 e. The van der Waals surface area contributed by atoms with Crippen LogP contribution in [0, 0.1) is 0 Å². The van der Waals surface area contributed by atoms with Crippen molar-refractivity contribution in [3.8, 4) is 0 Å². The summed E-state index contributed by atoms with van der Waals surface area (Å²) in [6.07, 6.45) is 1.69. The van der Waals surface area contributed by atoms with Crippen molar-refractivity contribution in [2.45, 2.75) is 12.6 Å². The van der Waals surface area contributed by atoms with E-state index in [2.05, 4.69) is 5.32 Å². The number of furan rings is 1. The molecule has 1 aromatic carbocycles. The third-order valence-corrected chi connectivity index (χ3v) is 5.19. The second kappa shape index (κ2) is 8.04. The van der Waals surface area contributed by atoms with Crippen molar-refractivity contribution >= 4 is 17.5 Å². The molecule has 1 amide bonds. The minimum absolute atomic E-state index is 0.0243. The third-order valence-electron chi connectivity index (χ3n) is 4.84. The molecule has 3 aromatic rings. The van der Waals surface area contributed by atoms with Gasteiger partial charge in [0, 0.05) is 36.9 Å². The fourth-order valence-electron chi connectivity index (χ4n) is 3.39. The molecule has 1 saturated heterocycles. The van der Waals surface area contributed by atoms with Crippen molar-refractivity contribution in [3.63, 3.8) is 0 Å². The van der Waals surface area contributed by atoms with Crippen molar-refractivity contribution in [3.05, 3.63) is 93.3 Å². The molecule has 7 heteroatoms. The van der Waals surface area contributed by atoms with E-state index in [9.17, 15) is 9.59 Å². The van der Waals surface area contributed by atoms with E-state index in [1.54, 1.807) is 35.4 Å². The van der Waals surface area contributed by atoms with Gasteiger partial charge in [-0.15, -0.1) is 0 Å². The van der Waals surface area contributed by atoms with Gasteiger partial charge in [-0.2, -0.15) is 0 Å². The summed E-state index contributed by atoms with van der Waals surface area (Å²) in [6.45, 7) is 2.07. The molecule has 1 unspecified atom stereocenters. The van der Waals surface area contributed by atoms with E-state index in [1.165, 1.54) is 10.6 Å². The summed E-state index contributed by atoms with van der Waals surface area (Å²) in [7, 11) is 0. The molecule has 0 saturated carbocycles. The van der Waals surface area contributed by atoms with Gasteiger partial charge < -0.3 is 19.2 Å². The Hall–Kier alpha value is -2.83. The van der Waals surface area contributed by atoms with Crippen LogP contribution in [-0.2, 0) is 6.54 Å². The Morgan fingerprint density at radius 1 is 1.14 bits per heavy atom. The van der Waals surface area contributed by atoms with Gasteiger partial charge in [0.25, 0.3) is 11.5 Å². The zero-order chi connectivity index (χ0) is 19.5. The highest BCUT2D eigenvalue weighted by Crippen LogP contribution is 2.25. The number of rotatable bonds is 4. The van der Waals surface area contributed by atoms with Gasteiger partial charge in [0.1, 0.15) is 5.76 Å². The number of pyridine rings is 1. The first-order chi connectivity index (χ1) is 13.6. The fraction of sp³-hybridized carbons (Fsp3) is 0.238. The van der Waals surface area contributed by atoms with Crippen molar-refractivity contribution in [1.29, 1.82) is 0 Å². The number of amides is 1. The second-order valence-corrected chi connectivity index (χ2v) is 7.12. The van der Waals surface area contributed by atoms with Crippen LogP contribution in [0.4, 0.5) is 0 Å². The molecule has 2 aromatic heterocycles. The standard InChI is InChI=1S/C21H20ClN3O3/c22-17-6-2-1-5-16(17)18-14-25(12-10-23-18)21(27)19-9-8-15(28-19)13-24-11-4-3-7-20(24)26/h1-9,11,18,23H,10,12-14H2. The lowest BCUT2D eigenvalue weighted by Crippen LogP contribution is -2.48. The van der Waals surface area contributed by atoms with Gasteiger partial charge in [0.05, 0.1) is 12.6 Å². The van der Waals surface area contributed by atoms with Crippen LogP contribution in [0.5, 0.6) is 0 Å². The summed E-state index contributed by atoms with van der Waals surface area (Å²) in [5, 5.41) is 4.09. The van der Waals surface area contributed by atoms with Crippen LogP contribution in [-0.4, -0.2) is 35.0 Å². The lowest BCUT2D eigenvalue weighted by atomic mass is 10.0. The lowest BCUT2D eigenvalue weighted by molar-refractivity contribution is 0.0668. The molecule has 0 aliphatic carbocycles. The molecule has 0 bridgehead atoms. The Morgan fingerprint density at radius 3 is 2.79 bits per heavy atom. The van der Waals surface area contributed by atoms with Gasteiger partial charge in [-0.3, -0.25) is 9.59 Å². The average molecular weight is 398 g/mol. The van der Waals surface area contributed by atoms with Gasteiger partial charge in [-0.1, -0.05) is 35.9 Å². The van der Waals surface area contributed by atoms with E-state index in [4.69, 9.17) is 16.0 Å². The van der Waals surface area contributed by atoms with E-state index in [0.717, 1.165) is 5.56 Å². The molecule has 1 fully saturated rings. The maximum atomic E-state index is 12.9. The monoisotopic (exact) mass is 397 g/mol. The second-order valence-electron chi connectivity index (χ2n) is 6.71. The normalized spacial score (nSPS) is 16.9. The zero-order valence-electron chi connectivity index (χ0n) is 15.2. The van der Waals surface area contributed by atoms with Crippen molar-refractivity contribution in [2.24, 2.45) is 0 Å². The maximum absolute atomic E-state index is 12.9. The summed E-state index contributed by atoms with van der Waals surface area (Å²) in [5.41, 5.74) is 0.863. The number of benzene rings is 1. The third kappa shape index (κ3) is 3.88. The van der Waals surface area contributed by atoms with Crippen molar-refractivity contribution < 1.29 is 9.21 Å². The highest BCUT2D eigenvalue weighted by atomic mass is 35.5. The van der Waals surface area contributed by atoms with E-state index < -0.39 is 0 Å². The van der Waals surface area contributed by atoms with Crippen LogP contribution in [0.3, 0.4) is 0 Å². The smallest absolute Gasteiger partial charge is 0.289 e. The van der Waals surface area contributed by atoms with E-state index in [0.29, 0.717) is 30.4 Å². The molecule has 1 aliphatic heterocycles. The molecule has 28 heavy (non-hydrogen) atoms. The molecule has 1 N–H and O–H groups in total. The van der Waals surface area contributed by atoms with Gasteiger partial charge >= 0.3 is 0 Å². The van der Waals surface area contributed by atoms with Crippen molar-refractivity contribution in [2.75, 3.05) is 19.6 Å². The van der Waals surface area contributed by atoms with Crippen molar-refractivity contribution in [1.82, 2.24) is 14.8 Å². The Labute approximate surface area is 167 Å². The Bertz CT molecular complexity index is 1040. The molecule has 144 valence electrons. The molecule has 1 aliphatic rings. The first-order valence-electron chi connectivity index (χ1n) is 9.13. The van der Waals surface area contributed by atoms with Gasteiger partial charge in [0.2, 0.25) is 0 Å². The highest BCUT2D eigenvalue weighted by Gasteiger charge is 2.27. The average Bonchev–Trinajstić information content (AvgIpc) is 3.18. The molecule has 0 spiro atoms. The Kier molecular flexibility index (Phi) is 5.32. The minimum atomic E-state index is -0.162. The first-order valence-corrected chi connectivity index (χ1v) is 9.51. The molecule has 0 radical (unpaired) electrons. The number of piperazine rings is 1. The van der Waals surface area contributed by atoms with Gasteiger partial charge in [0.15, 0.2) is 5.76 Å². The summed E-state index contributed by atoms with van der Waals surface area (Å²) in [5.74, 6) is 0.679. The van der Waals surface area contributed by atoms with Gasteiger partial charge in [-0.25, -0.2) is 0 Å². The fourth-order valence-corrected chi connectivity index (χ4v) is 3.66.